The molecule has 1 aliphatic rings. The van der Waals surface area contributed by atoms with Gasteiger partial charge in [-0.2, -0.15) is 26.3 Å². The number of hydrogen-bond acceptors (Lipinski definition) is 1. The van der Waals surface area contributed by atoms with Gasteiger partial charge in [-0.3, -0.25) is 0 Å². The highest BCUT2D eigenvalue weighted by atomic mass is 32.2. The Hall–Kier alpha value is -2.40. The Balaban J connectivity index is 1.93. The van der Waals surface area contributed by atoms with Gasteiger partial charge in [0.15, 0.2) is 0 Å². The van der Waals surface area contributed by atoms with Crippen molar-refractivity contribution in [2.24, 2.45) is 5.92 Å². The quantitative estimate of drug-likeness (QED) is 0.301. The highest BCUT2D eigenvalue weighted by Gasteiger charge is 2.45. The van der Waals surface area contributed by atoms with E-state index in [-0.39, 0.29) is 27.9 Å². The lowest BCUT2D eigenvalue weighted by molar-refractivity contribution is -0.152. The Morgan fingerprint density at radius 2 is 1.63 bits per heavy atom. The summed E-state index contributed by atoms with van der Waals surface area (Å²) in [5.74, 6) is -0.901. The molecule has 0 spiro atoms. The summed E-state index contributed by atoms with van der Waals surface area (Å²) < 4.78 is 115. The van der Waals surface area contributed by atoms with Gasteiger partial charge in [0.1, 0.15) is 11.9 Å². The number of nitrogens with one attached hydrogen (secondary N) is 1. The first-order chi connectivity index (χ1) is 17.6. The first-order valence-corrected chi connectivity index (χ1v) is 13.5. The van der Waals surface area contributed by atoms with Crippen molar-refractivity contribution in [1.29, 1.82) is 0 Å². The second kappa shape index (κ2) is 10.3. The molecule has 3 aromatic rings. The second-order valence-electron chi connectivity index (χ2n) is 10.8. The van der Waals surface area contributed by atoms with Gasteiger partial charge in [-0.15, -0.1) is 0 Å². The van der Waals surface area contributed by atoms with Gasteiger partial charge < -0.3 is 4.57 Å². The number of rotatable bonds is 6. The van der Waals surface area contributed by atoms with Crippen molar-refractivity contribution in [2.75, 3.05) is 0 Å². The molecule has 1 N–H and O–H groups in total. The zero-order valence-electron chi connectivity index (χ0n) is 21.1. The van der Waals surface area contributed by atoms with Crippen LogP contribution >= 0.6 is 0 Å². The highest BCUT2D eigenvalue weighted by molar-refractivity contribution is 7.84. The predicted molar refractivity (Wildman–Crippen MR) is 134 cm³/mol. The van der Waals surface area contributed by atoms with Crippen LogP contribution in [0.1, 0.15) is 63.6 Å². The summed E-state index contributed by atoms with van der Waals surface area (Å²) in [5.41, 5.74) is -1.91. The number of aromatic nitrogens is 1. The molecule has 2 atom stereocenters. The molecule has 0 saturated heterocycles. The molecule has 1 fully saturated rings. The van der Waals surface area contributed by atoms with E-state index >= 15 is 4.39 Å². The first-order valence-electron chi connectivity index (χ1n) is 12.3. The zero-order valence-corrected chi connectivity index (χ0v) is 22.0. The molecule has 208 valence electrons. The van der Waals surface area contributed by atoms with Gasteiger partial charge in [-0.25, -0.2) is 13.3 Å². The average molecular weight is 563 g/mol. The number of hydrogen-bond donors (Lipinski definition) is 1. The normalized spacial score (nSPS) is 17.3. The number of nitrogens with zero attached hydrogens (tertiary/aromatic N) is 1. The molecule has 0 aliphatic heterocycles. The minimum absolute atomic E-state index is 0.0885. The minimum Gasteiger partial charge on any atom is -0.347 e. The van der Waals surface area contributed by atoms with Crippen LogP contribution in [-0.4, -0.2) is 19.7 Å². The molecule has 1 aliphatic carbocycles. The number of alkyl halides is 6. The third-order valence-electron chi connectivity index (χ3n) is 6.87. The summed E-state index contributed by atoms with van der Waals surface area (Å²) in [7, 11) is -2.10. The smallest absolute Gasteiger partial charge is 0.347 e. The Labute approximate surface area is 219 Å². The van der Waals surface area contributed by atoms with Crippen LogP contribution in [0, 0.1) is 11.7 Å². The molecule has 0 bridgehead atoms. The third kappa shape index (κ3) is 5.93. The van der Waals surface area contributed by atoms with Crippen LogP contribution in [-0.2, 0) is 23.7 Å². The van der Waals surface area contributed by atoms with Crippen molar-refractivity contribution in [3.8, 4) is 11.1 Å². The molecule has 4 rings (SSSR count). The van der Waals surface area contributed by atoms with Gasteiger partial charge in [0.05, 0.1) is 21.3 Å². The molecule has 3 nitrogen and oxygen atoms in total. The first kappa shape index (κ1) is 28.6. The van der Waals surface area contributed by atoms with E-state index in [0.717, 1.165) is 43.9 Å². The van der Waals surface area contributed by atoms with Crippen LogP contribution in [0.3, 0.4) is 0 Å². The van der Waals surface area contributed by atoms with Crippen LogP contribution in [0.15, 0.2) is 42.6 Å². The van der Waals surface area contributed by atoms with Gasteiger partial charge in [-0.05, 0) is 63.3 Å². The third-order valence-corrected chi connectivity index (χ3v) is 8.43. The van der Waals surface area contributed by atoms with E-state index in [1.807, 2.05) is 0 Å². The van der Waals surface area contributed by atoms with Crippen molar-refractivity contribution in [3.05, 3.63) is 59.5 Å². The second-order valence-corrected chi connectivity index (χ2v) is 12.8. The Morgan fingerprint density at radius 3 is 2.21 bits per heavy atom. The lowest BCUT2D eigenvalue weighted by Gasteiger charge is -2.26. The molecule has 0 unspecified atom stereocenters. The summed E-state index contributed by atoms with van der Waals surface area (Å²) in [5, 5.41) is -0.0885. The van der Waals surface area contributed by atoms with E-state index < -0.39 is 51.1 Å². The molecule has 11 heteroatoms. The van der Waals surface area contributed by atoms with Crippen LogP contribution in [0.4, 0.5) is 30.7 Å². The van der Waals surface area contributed by atoms with Crippen LogP contribution < -0.4 is 4.72 Å². The number of benzene rings is 2. The Morgan fingerprint density at radius 1 is 1.00 bits per heavy atom. The summed E-state index contributed by atoms with van der Waals surface area (Å²) in [6, 6.07) is 4.21. The lowest BCUT2D eigenvalue weighted by Crippen LogP contribution is -2.41. The van der Waals surface area contributed by atoms with Gasteiger partial charge in [-0.1, -0.05) is 31.0 Å². The summed E-state index contributed by atoms with van der Waals surface area (Å²) in [6.45, 7) is 4.92. The molecule has 2 aromatic carbocycles. The maximum atomic E-state index is 15.4. The maximum absolute atomic E-state index is 15.4. The SMILES string of the molecule is CC(C)(C)[S@](=O)N[C@@H](c1cn(CC2CCCC2)c2cc(-c3ccccc3C(F)(F)F)c(F)cc12)C(F)(F)F. The van der Waals surface area contributed by atoms with Gasteiger partial charge in [0.25, 0.3) is 0 Å². The summed E-state index contributed by atoms with van der Waals surface area (Å²) in [4.78, 5) is 0. The summed E-state index contributed by atoms with van der Waals surface area (Å²) >= 11 is 0. The average Bonchev–Trinajstić information content (AvgIpc) is 3.43. The lowest BCUT2D eigenvalue weighted by atomic mass is 9.96. The van der Waals surface area contributed by atoms with Crippen LogP contribution in [0.5, 0.6) is 0 Å². The van der Waals surface area contributed by atoms with E-state index in [1.165, 1.54) is 45.2 Å². The molecule has 0 radical (unpaired) electrons. The number of halogens is 7. The Bertz CT molecular complexity index is 1330. The minimum atomic E-state index is -4.87. The largest absolute Gasteiger partial charge is 0.417 e. The molecule has 38 heavy (non-hydrogen) atoms. The molecule has 0 amide bonds. The van der Waals surface area contributed by atoms with Crippen LogP contribution in [0.25, 0.3) is 22.0 Å². The van der Waals surface area contributed by atoms with Crippen molar-refractivity contribution < 1.29 is 34.9 Å². The fraction of sp³-hybridized carbons (Fsp3) is 0.481. The number of fused-ring (bicyclic) bond motifs is 1. The van der Waals surface area contributed by atoms with E-state index in [9.17, 15) is 30.6 Å². The maximum Gasteiger partial charge on any atom is 0.417 e. The fourth-order valence-corrected chi connectivity index (χ4v) is 5.78. The molecular formula is C27H29F7N2OS. The van der Waals surface area contributed by atoms with Gasteiger partial charge >= 0.3 is 12.4 Å². The molecule has 1 saturated carbocycles. The van der Waals surface area contributed by atoms with Gasteiger partial charge in [0, 0.05) is 34.8 Å². The fourth-order valence-electron chi connectivity index (χ4n) is 4.95. The molecule has 1 heterocycles. The van der Waals surface area contributed by atoms with Crippen molar-refractivity contribution in [3.63, 3.8) is 0 Å². The zero-order chi connectivity index (χ0) is 28.0. The van der Waals surface area contributed by atoms with E-state index in [1.54, 1.807) is 4.57 Å². The van der Waals surface area contributed by atoms with E-state index in [2.05, 4.69) is 4.72 Å². The van der Waals surface area contributed by atoms with E-state index in [4.69, 9.17) is 0 Å². The predicted octanol–water partition coefficient (Wildman–Crippen LogP) is 8.31. The molecular weight excluding hydrogens is 533 g/mol. The van der Waals surface area contributed by atoms with Crippen LogP contribution in [0.2, 0.25) is 0 Å². The van der Waals surface area contributed by atoms with Crippen molar-refractivity contribution in [2.45, 2.75) is 76.1 Å². The molecule has 1 aromatic heterocycles. The topological polar surface area (TPSA) is 34.0 Å². The highest BCUT2D eigenvalue weighted by Crippen LogP contribution is 2.43. The van der Waals surface area contributed by atoms with Crippen molar-refractivity contribution >= 4 is 21.9 Å². The summed E-state index contributed by atoms with van der Waals surface area (Å²) in [6.07, 6.45) is -4.65. The van der Waals surface area contributed by atoms with E-state index in [0.29, 0.717) is 6.54 Å². The Kier molecular flexibility index (Phi) is 7.75. The monoisotopic (exact) mass is 562 g/mol. The van der Waals surface area contributed by atoms with Gasteiger partial charge in [0.2, 0.25) is 0 Å². The van der Waals surface area contributed by atoms with Crippen molar-refractivity contribution in [1.82, 2.24) is 9.29 Å². The standard InChI is InChI=1S/C27H29F7N2OS/c1-25(2,3)38(37)35-24(27(32,33)34)20-15-36(14-16-8-4-5-9-16)23-13-18(22(28)12-19(20)23)17-10-6-7-11-21(17)26(29,30)31/h6-7,10-13,15-16,24,35H,4-5,8-9,14H2,1-3H3/t24-,38-/m0/s1.